The van der Waals surface area contributed by atoms with E-state index in [9.17, 15) is 0 Å². The summed E-state index contributed by atoms with van der Waals surface area (Å²) in [6.45, 7) is 4.52. The fourth-order valence-electron chi connectivity index (χ4n) is 6.98. The first-order valence-electron chi connectivity index (χ1n) is 15.3. The van der Waals surface area contributed by atoms with Crippen LogP contribution in [-0.2, 0) is 5.41 Å². The molecule has 0 saturated heterocycles. The summed E-state index contributed by atoms with van der Waals surface area (Å²) < 4.78 is 9.31. The summed E-state index contributed by atoms with van der Waals surface area (Å²) in [6, 6.07) is 48.5. The monoisotopic (exact) mass is 579 g/mol. The van der Waals surface area contributed by atoms with Crippen LogP contribution in [0.1, 0.15) is 25.2 Å². The molecule has 3 heterocycles. The zero-order valence-electron chi connectivity index (χ0n) is 25.0. The third kappa shape index (κ3) is 3.85. The topological polar surface area (TPSA) is 43.9 Å². The van der Waals surface area contributed by atoms with Gasteiger partial charge in [-0.1, -0.05) is 109 Å². The van der Waals surface area contributed by atoms with Gasteiger partial charge < -0.3 is 8.98 Å². The second kappa shape index (κ2) is 9.63. The molecule has 0 N–H and O–H groups in total. The van der Waals surface area contributed by atoms with E-state index in [0.717, 1.165) is 61.5 Å². The molecule has 0 bridgehead atoms. The Morgan fingerprint density at radius 2 is 1.22 bits per heavy atom. The predicted molar refractivity (Wildman–Crippen MR) is 183 cm³/mol. The van der Waals surface area contributed by atoms with Gasteiger partial charge in [0.2, 0.25) is 0 Å². The van der Waals surface area contributed by atoms with Crippen molar-refractivity contribution < 1.29 is 4.42 Å². The highest BCUT2D eigenvalue weighted by Gasteiger charge is 2.42. The average molecular weight is 580 g/mol. The highest BCUT2D eigenvalue weighted by molar-refractivity contribution is 6.14. The number of nitrogens with zero attached hydrogens (tertiary/aromatic N) is 3. The smallest absolute Gasteiger partial charge is 0.161 e. The largest absolute Gasteiger partial charge is 0.457 e. The van der Waals surface area contributed by atoms with Gasteiger partial charge in [0, 0.05) is 38.7 Å². The van der Waals surface area contributed by atoms with Crippen LogP contribution in [0, 0.1) is 0 Å². The minimum absolute atomic E-state index is 0.238. The van der Waals surface area contributed by atoms with E-state index < -0.39 is 0 Å². The molecule has 45 heavy (non-hydrogen) atoms. The van der Waals surface area contributed by atoms with Crippen LogP contribution in [0.2, 0.25) is 0 Å². The Bertz CT molecular complexity index is 2330. The molecule has 9 rings (SSSR count). The standard InChI is InChI=1S/C41H29N3O/c1-41(2)32-21-13-12-20-30(32)36-37-38(45-39(36)41)31-24-28(22-23-35(31)44(37)29-18-10-5-11-19-29)34-25-33(26-14-6-3-7-15-26)42-40(43-34)27-16-8-4-9-17-27/h3-25H,1-2H3. The number of benzene rings is 5. The highest BCUT2D eigenvalue weighted by Crippen LogP contribution is 2.55. The van der Waals surface area contributed by atoms with Gasteiger partial charge in [-0.3, -0.25) is 0 Å². The van der Waals surface area contributed by atoms with Gasteiger partial charge in [0.05, 0.1) is 16.9 Å². The molecule has 1 aliphatic rings. The lowest BCUT2D eigenvalue weighted by Gasteiger charge is -2.18. The summed E-state index contributed by atoms with van der Waals surface area (Å²) in [5, 5.41) is 1.06. The van der Waals surface area contributed by atoms with Gasteiger partial charge in [0.25, 0.3) is 0 Å². The second-order valence-electron chi connectivity index (χ2n) is 12.3. The molecule has 4 nitrogen and oxygen atoms in total. The van der Waals surface area contributed by atoms with Gasteiger partial charge in [-0.2, -0.15) is 0 Å². The zero-order chi connectivity index (χ0) is 30.1. The molecule has 0 spiro atoms. The molecule has 0 amide bonds. The SMILES string of the molecule is CC1(C)c2ccccc2-c2c1oc1c3cc(-c4cc(-c5ccccc5)nc(-c5ccccc5)n4)ccc3n(-c3ccccc3)c21. The van der Waals surface area contributed by atoms with Crippen LogP contribution in [0.4, 0.5) is 0 Å². The van der Waals surface area contributed by atoms with Crippen LogP contribution in [-0.4, -0.2) is 14.5 Å². The van der Waals surface area contributed by atoms with E-state index in [-0.39, 0.29) is 5.41 Å². The van der Waals surface area contributed by atoms with Crippen molar-refractivity contribution in [3.05, 3.63) is 151 Å². The van der Waals surface area contributed by atoms with Crippen LogP contribution < -0.4 is 0 Å². The number of fused-ring (bicyclic) bond motifs is 7. The summed E-state index contributed by atoms with van der Waals surface area (Å²) in [7, 11) is 0. The van der Waals surface area contributed by atoms with Crippen molar-refractivity contribution in [2.45, 2.75) is 19.3 Å². The molecule has 0 aliphatic heterocycles. The first-order chi connectivity index (χ1) is 22.1. The van der Waals surface area contributed by atoms with Gasteiger partial charge in [-0.15, -0.1) is 0 Å². The van der Waals surface area contributed by atoms with Crippen LogP contribution in [0.3, 0.4) is 0 Å². The van der Waals surface area contributed by atoms with E-state index >= 15 is 0 Å². The Hall–Kier alpha value is -5.74. The minimum Gasteiger partial charge on any atom is -0.457 e. The fourth-order valence-corrected chi connectivity index (χ4v) is 6.98. The van der Waals surface area contributed by atoms with Crippen molar-refractivity contribution >= 4 is 22.0 Å². The maximum atomic E-state index is 6.95. The number of aromatic nitrogens is 3. The van der Waals surface area contributed by atoms with E-state index in [1.54, 1.807) is 0 Å². The van der Waals surface area contributed by atoms with Crippen molar-refractivity contribution in [1.82, 2.24) is 14.5 Å². The third-order valence-corrected chi connectivity index (χ3v) is 9.16. The summed E-state index contributed by atoms with van der Waals surface area (Å²) in [5.74, 6) is 1.72. The molecular weight excluding hydrogens is 550 g/mol. The van der Waals surface area contributed by atoms with Gasteiger partial charge in [0.15, 0.2) is 11.4 Å². The van der Waals surface area contributed by atoms with E-state index in [2.05, 4.69) is 122 Å². The summed E-state index contributed by atoms with van der Waals surface area (Å²) in [5.41, 5.74) is 12.5. The Balaban J connectivity index is 1.33. The average Bonchev–Trinajstić information content (AvgIpc) is 3.71. The first-order valence-corrected chi connectivity index (χ1v) is 15.3. The molecule has 3 aromatic heterocycles. The quantitative estimate of drug-likeness (QED) is 0.208. The molecule has 1 aliphatic carbocycles. The lowest BCUT2D eigenvalue weighted by atomic mass is 9.86. The first kappa shape index (κ1) is 25.7. The highest BCUT2D eigenvalue weighted by atomic mass is 16.3. The number of para-hydroxylation sites is 1. The minimum atomic E-state index is -0.238. The third-order valence-electron chi connectivity index (χ3n) is 9.16. The molecule has 0 unspecified atom stereocenters. The number of hydrogen-bond acceptors (Lipinski definition) is 3. The molecule has 5 aromatic carbocycles. The van der Waals surface area contributed by atoms with E-state index in [0.29, 0.717) is 5.82 Å². The number of rotatable bonds is 4. The van der Waals surface area contributed by atoms with E-state index in [4.69, 9.17) is 14.4 Å². The van der Waals surface area contributed by atoms with Crippen LogP contribution in [0.25, 0.3) is 72.7 Å². The Morgan fingerprint density at radius 3 is 1.96 bits per heavy atom. The molecule has 8 aromatic rings. The lowest BCUT2D eigenvalue weighted by Crippen LogP contribution is -2.14. The maximum absolute atomic E-state index is 6.95. The zero-order valence-corrected chi connectivity index (χ0v) is 25.0. The molecular formula is C41H29N3O. The Morgan fingerprint density at radius 1 is 0.600 bits per heavy atom. The van der Waals surface area contributed by atoms with Gasteiger partial charge in [-0.25, -0.2) is 9.97 Å². The molecule has 0 atom stereocenters. The van der Waals surface area contributed by atoms with Crippen molar-refractivity contribution in [3.8, 4) is 50.7 Å². The van der Waals surface area contributed by atoms with Crippen molar-refractivity contribution in [2.75, 3.05) is 0 Å². The molecule has 214 valence electrons. The number of hydrogen-bond donors (Lipinski definition) is 0. The van der Waals surface area contributed by atoms with Crippen molar-refractivity contribution in [3.63, 3.8) is 0 Å². The number of furan rings is 1. The van der Waals surface area contributed by atoms with Gasteiger partial charge in [-0.05, 0) is 55.3 Å². The fraction of sp³-hybridized carbons (Fsp3) is 0.0732. The molecule has 0 fully saturated rings. The molecule has 0 radical (unpaired) electrons. The Labute approximate surface area is 261 Å². The Kier molecular flexibility index (Phi) is 5.51. The second-order valence-corrected chi connectivity index (χ2v) is 12.3. The van der Waals surface area contributed by atoms with E-state index in [1.807, 2.05) is 36.4 Å². The normalized spacial score (nSPS) is 13.3. The molecule has 4 heteroatoms. The molecule has 0 saturated carbocycles. The lowest BCUT2D eigenvalue weighted by molar-refractivity contribution is 0.466. The summed E-state index contributed by atoms with van der Waals surface area (Å²) in [4.78, 5) is 10.1. The van der Waals surface area contributed by atoms with Gasteiger partial charge in [0.1, 0.15) is 11.3 Å². The van der Waals surface area contributed by atoms with E-state index in [1.165, 1.54) is 16.7 Å². The van der Waals surface area contributed by atoms with Crippen LogP contribution in [0.5, 0.6) is 0 Å². The van der Waals surface area contributed by atoms with Crippen LogP contribution in [0.15, 0.2) is 144 Å². The maximum Gasteiger partial charge on any atom is 0.161 e. The van der Waals surface area contributed by atoms with Crippen LogP contribution >= 0.6 is 0 Å². The van der Waals surface area contributed by atoms with Crippen molar-refractivity contribution in [1.29, 1.82) is 0 Å². The van der Waals surface area contributed by atoms with Crippen molar-refractivity contribution in [2.24, 2.45) is 0 Å². The van der Waals surface area contributed by atoms with Gasteiger partial charge >= 0.3 is 0 Å². The summed E-state index contributed by atoms with van der Waals surface area (Å²) >= 11 is 0. The summed E-state index contributed by atoms with van der Waals surface area (Å²) in [6.07, 6.45) is 0. The predicted octanol–water partition coefficient (Wildman–Crippen LogP) is 10.5.